The van der Waals surface area contributed by atoms with Crippen LogP contribution in [-0.4, -0.2) is 21.5 Å². The fraction of sp³-hybridized carbons (Fsp3) is 0.500. The minimum Gasteiger partial charge on any atom is -0.396 e. The Labute approximate surface area is 59.3 Å². The molecule has 0 atom stereocenters. The molecule has 0 bridgehead atoms. The lowest BCUT2D eigenvalue weighted by Crippen LogP contribution is -2.05. The summed E-state index contributed by atoms with van der Waals surface area (Å²) >= 11 is 0. The van der Waals surface area contributed by atoms with Crippen LogP contribution in [0.4, 0.5) is 5.82 Å². The Morgan fingerprint density at radius 1 is 1.70 bits per heavy atom. The number of nitrogens with zero attached hydrogens (tertiary/aromatic N) is 2. The van der Waals surface area contributed by atoms with Crippen LogP contribution in [0.1, 0.15) is 6.42 Å². The van der Waals surface area contributed by atoms with Crippen molar-refractivity contribution in [3.8, 4) is 0 Å². The molecule has 0 saturated carbocycles. The van der Waals surface area contributed by atoms with E-state index in [1.165, 1.54) is 0 Å². The van der Waals surface area contributed by atoms with Gasteiger partial charge in [0.05, 0.1) is 6.20 Å². The van der Waals surface area contributed by atoms with Gasteiger partial charge in [0.25, 0.3) is 0 Å². The Hall–Kier alpha value is -1.03. The Kier molecular flexibility index (Phi) is 2.28. The molecule has 56 valence electrons. The van der Waals surface area contributed by atoms with Gasteiger partial charge >= 0.3 is 0 Å². The first-order valence-corrected chi connectivity index (χ1v) is 3.22. The fourth-order valence-corrected chi connectivity index (χ4v) is 0.750. The van der Waals surface area contributed by atoms with Gasteiger partial charge in [-0.3, -0.25) is 4.68 Å². The normalized spacial score (nSPS) is 10.1. The Morgan fingerprint density at radius 3 is 3.00 bits per heavy atom. The molecule has 0 saturated heterocycles. The van der Waals surface area contributed by atoms with E-state index in [0.717, 1.165) is 0 Å². The lowest BCUT2D eigenvalue weighted by atomic mass is 10.4. The zero-order chi connectivity index (χ0) is 7.40. The average Bonchev–Trinajstić information content (AvgIpc) is 2.31. The topological polar surface area (TPSA) is 64.1 Å². The zero-order valence-corrected chi connectivity index (χ0v) is 5.70. The number of rotatable bonds is 3. The summed E-state index contributed by atoms with van der Waals surface area (Å²) in [6.07, 6.45) is 2.35. The average molecular weight is 141 g/mol. The van der Waals surface area contributed by atoms with Crippen molar-refractivity contribution in [2.45, 2.75) is 13.0 Å². The zero-order valence-electron chi connectivity index (χ0n) is 5.70. The van der Waals surface area contributed by atoms with Crippen molar-refractivity contribution < 1.29 is 5.11 Å². The van der Waals surface area contributed by atoms with Crippen LogP contribution in [0.15, 0.2) is 12.3 Å². The van der Waals surface area contributed by atoms with Gasteiger partial charge in [-0.25, -0.2) is 0 Å². The molecule has 0 aromatic carbocycles. The molecule has 0 aliphatic rings. The number of hydrogen-bond donors (Lipinski definition) is 2. The quantitative estimate of drug-likeness (QED) is 0.615. The number of aliphatic hydroxyl groups is 1. The molecule has 1 rings (SSSR count). The third-order valence-corrected chi connectivity index (χ3v) is 1.28. The van der Waals surface area contributed by atoms with Gasteiger partial charge in [-0.2, -0.15) is 5.10 Å². The largest absolute Gasteiger partial charge is 0.396 e. The van der Waals surface area contributed by atoms with Crippen molar-refractivity contribution in [2.24, 2.45) is 0 Å². The third-order valence-electron chi connectivity index (χ3n) is 1.28. The second kappa shape index (κ2) is 3.22. The Bertz CT molecular complexity index is 197. The molecule has 0 aliphatic carbocycles. The maximum atomic E-state index is 8.47. The first-order chi connectivity index (χ1) is 4.84. The SMILES string of the molecule is Nc1ccnn1CCCO. The van der Waals surface area contributed by atoms with Crippen molar-refractivity contribution in [3.63, 3.8) is 0 Å². The maximum absolute atomic E-state index is 8.47. The van der Waals surface area contributed by atoms with Gasteiger partial charge in [0.15, 0.2) is 0 Å². The standard InChI is InChI=1S/C6H11N3O/c7-6-2-3-8-9(6)4-1-5-10/h2-3,10H,1,4-5,7H2. The van der Waals surface area contributed by atoms with Crippen LogP contribution in [0.25, 0.3) is 0 Å². The molecule has 3 N–H and O–H groups in total. The highest BCUT2D eigenvalue weighted by atomic mass is 16.3. The van der Waals surface area contributed by atoms with Crippen LogP contribution >= 0.6 is 0 Å². The molecule has 4 nitrogen and oxygen atoms in total. The highest BCUT2D eigenvalue weighted by Crippen LogP contribution is 1.99. The summed E-state index contributed by atoms with van der Waals surface area (Å²) in [5.74, 6) is 0.647. The molecule has 0 aliphatic heterocycles. The first kappa shape index (κ1) is 7.08. The van der Waals surface area contributed by atoms with E-state index in [-0.39, 0.29) is 6.61 Å². The van der Waals surface area contributed by atoms with Crippen LogP contribution in [0, 0.1) is 0 Å². The van der Waals surface area contributed by atoms with E-state index in [1.807, 2.05) is 0 Å². The summed E-state index contributed by atoms with van der Waals surface area (Å²) in [4.78, 5) is 0. The van der Waals surface area contributed by atoms with Gasteiger partial charge in [-0.05, 0) is 12.5 Å². The van der Waals surface area contributed by atoms with Gasteiger partial charge in [-0.1, -0.05) is 0 Å². The predicted molar refractivity (Wildman–Crippen MR) is 38.3 cm³/mol. The summed E-state index contributed by atoms with van der Waals surface area (Å²) in [7, 11) is 0. The summed E-state index contributed by atoms with van der Waals surface area (Å²) in [5.41, 5.74) is 5.50. The van der Waals surface area contributed by atoms with E-state index in [1.54, 1.807) is 16.9 Å². The number of anilines is 1. The number of hydrogen-bond acceptors (Lipinski definition) is 3. The minimum atomic E-state index is 0.180. The van der Waals surface area contributed by atoms with E-state index in [0.29, 0.717) is 18.8 Å². The van der Waals surface area contributed by atoms with E-state index in [4.69, 9.17) is 10.8 Å². The lowest BCUT2D eigenvalue weighted by Gasteiger charge is -2.00. The molecule has 0 radical (unpaired) electrons. The molecule has 1 heterocycles. The van der Waals surface area contributed by atoms with Crippen LogP contribution in [0.5, 0.6) is 0 Å². The van der Waals surface area contributed by atoms with Gasteiger partial charge in [0.1, 0.15) is 5.82 Å². The number of nitrogen functional groups attached to an aromatic ring is 1. The molecule has 1 aromatic rings. The molecule has 0 amide bonds. The number of aromatic nitrogens is 2. The summed E-state index contributed by atoms with van der Waals surface area (Å²) in [5, 5.41) is 12.4. The van der Waals surface area contributed by atoms with Crippen molar-refractivity contribution in [3.05, 3.63) is 12.3 Å². The second-order valence-corrected chi connectivity index (χ2v) is 2.06. The molecule has 0 unspecified atom stereocenters. The number of aliphatic hydroxyl groups excluding tert-OH is 1. The minimum absolute atomic E-state index is 0.180. The van der Waals surface area contributed by atoms with Crippen molar-refractivity contribution in [2.75, 3.05) is 12.3 Å². The molecular formula is C6H11N3O. The first-order valence-electron chi connectivity index (χ1n) is 3.22. The molecule has 0 spiro atoms. The Balaban J connectivity index is 2.49. The monoisotopic (exact) mass is 141 g/mol. The lowest BCUT2D eigenvalue weighted by molar-refractivity contribution is 0.277. The highest BCUT2D eigenvalue weighted by Gasteiger charge is 1.94. The van der Waals surface area contributed by atoms with Crippen LogP contribution < -0.4 is 5.73 Å². The van der Waals surface area contributed by atoms with E-state index < -0.39 is 0 Å². The Morgan fingerprint density at radius 2 is 2.50 bits per heavy atom. The third kappa shape index (κ3) is 1.48. The molecule has 10 heavy (non-hydrogen) atoms. The summed E-state index contributed by atoms with van der Waals surface area (Å²) in [6, 6.07) is 1.73. The molecular weight excluding hydrogens is 130 g/mol. The summed E-state index contributed by atoms with van der Waals surface area (Å²) < 4.78 is 1.66. The van der Waals surface area contributed by atoms with Gasteiger partial charge in [0.2, 0.25) is 0 Å². The van der Waals surface area contributed by atoms with Gasteiger partial charge in [0, 0.05) is 13.2 Å². The number of nitrogens with two attached hydrogens (primary N) is 1. The van der Waals surface area contributed by atoms with Gasteiger partial charge < -0.3 is 10.8 Å². The summed E-state index contributed by atoms with van der Waals surface area (Å²) in [6.45, 7) is 0.870. The van der Waals surface area contributed by atoms with Crippen molar-refractivity contribution in [1.29, 1.82) is 0 Å². The second-order valence-electron chi connectivity index (χ2n) is 2.06. The van der Waals surface area contributed by atoms with E-state index in [2.05, 4.69) is 5.10 Å². The van der Waals surface area contributed by atoms with Crippen LogP contribution in [0.2, 0.25) is 0 Å². The molecule has 0 fully saturated rings. The van der Waals surface area contributed by atoms with Crippen LogP contribution in [-0.2, 0) is 6.54 Å². The van der Waals surface area contributed by atoms with Crippen molar-refractivity contribution in [1.82, 2.24) is 9.78 Å². The molecule has 1 aromatic heterocycles. The number of aryl methyl sites for hydroxylation is 1. The van der Waals surface area contributed by atoms with E-state index in [9.17, 15) is 0 Å². The highest BCUT2D eigenvalue weighted by molar-refractivity contribution is 5.25. The maximum Gasteiger partial charge on any atom is 0.121 e. The van der Waals surface area contributed by atoms with Crippen molar-refractivity contribution >= 4 is 5.82 Å². The van der Waals surface area contributed by atoms with E-state index >= 15 is 0 Å². The fourth-order valence-electron chi connectivity index (χ4n) is 0.750. The van der Waals surface area contributed by atoms with Crippen LogP contribution in [0.3, 0.4) is 0 Å². The smallest absolute Gasteiger partial charge is 0.121 e. The predicted octanol–water partition coefficient (Wildman–Crippen LogP) is -0.152. The molecule has 4 heteroatoms. The van der Waals surface area contributed by atoms with Gasteiger partial charge in [-0.15, -0.1) is 0 Å².